The number of benzene rings is 1. The molecule has 2 aromatic rings. The Morgan fingerprint density at radius 2 is 2.13 bits per heavy atom. The van der Waals surface area contributed by atoms with Crippen molar-refractivity contribution in [1.29, 1.82) is 0 Å². The number of aromatic nitrogens is 1. The Morgan fingerprint density at radius 3 is 2.80 bits per heavy atom. The zero-order valence-corrected chi connectivity index (χ0v) is 8.01. The van der Waals surface area contributed by atoms with Crippen molar-refractivity contribution in [2.75, 3.05) is 7.11 Å². The molecule has 0 aliphatic rings. The number of pyridine rings is 1. The molecule has 0 radical (unpaired) electrons. The minimum absolute atomic E-state index is 0.207. The van der Waals surface area contributed by atoms with Crippen molar-refractivity contribution in [1.82, 2.24) is 4.98 Å². The van der Waals surface area contributed by atoms with Crippen LogP contribution >= 0.6 is 0 Å². The highest BCUT2D eigenvalue weighted by atomic mass is 16.6. The normalized spacial score (nSPS) is 10.2. The molecule has 0 unspecified atom stereocenters. The number of nitrogens with zero attached hydrogens (tertiary/aromatic N) is 2. The minimum Gasteiger partial charge on any atom is -0.489 e. The second-order valence-electron chi connectivity index (χ2n) is 2.96. The molecule has 0 N–H and O–H groups in total. The smallest absolute Gasteiger partial charge is 0.406 e. The number of ether oxygens (including phenoxy) is 1. The van der Waals surface area contributed by atoms with Crippen molar-refractivity contribution in [3.05, 3.63) is 40.6 Å². The molecule has 1 aromatic carbocycles. The first-order valence-electron chi connectivity index (χ1n) is 4.30. The predicted octanol–water partition coefficient (Wildman–Crippen LogP) is 2.15. The summed E-state index contributed by atoms with van der Waals surface area (Å²) in [6.45, 7) is 0. The lowest BCUT2D eigenvalue weighted by Gasteiger charge is -2.04. The Hall–Kier alpha value is -2.17. The number of hydrogen-bond donors (Lipinski definition) is 0. The van der Waals surface area contributed by atoms with Gasteiger partial charge in [0, 0.05) is 10.8 Å². The maximum atomic E-state index is 10.7. The molecule has 0 aliphatic heterocycles. The molecule has 0 amide bonds. The van der Waals surface area contributed by atoms with E-state index >= 15 is 0 Å². The van der Waals surface area contributed by atoms with Crippen LogP contribution in [0.2, 0.25) is 0 Å². The second-order valence-corrected chi connectivity index (χ2v) is 2.96. The average molecular weight is 204 g/mol. The Balaban J connectivity index is 2.81. The van der Waals surface area contributed by atoms with Crippen molar-refractivity contribution < 1.29 is 9.66 Å². The van der Waals surface area contributed by atoms with Gasteiger partial charge >= 0.3 is 5.82 Å². The maximum absolute atomic E-state index is 10.7. The van der Waals surface area contributed by atoms with Gasteiger partial charge in [0.2, 0.25) is 5.75 Å². The molecule has 1 aromatic heterocycles. The van der Waals surface area contributed by atoms with Crippen LogP contribution in [0.5, 0.6) is 5.75 Å². The van der Waals surface area contributed by atoms with Crippen molar-refractivity contribution in [2.45, 2.75) is 0 Å². The van der Waals surface area contributed by atoms with Crippen LogP contribution in [0.1, 0.15) is 0 Å². The van der Waals surface area contributed by atoms with E-state index < -0.39 is 4.92 Å². The Morgan fingerprint density at radius 1 is 1.40 bits per heavy atom. The van der Waals surface area contributed by atoms with Crippen LogP contribution in [-0.4, -0.2) is 17.0 Å². The molecule has 15 heavy (non-hydrogen) atoms. The number of methoxy groups -OCH3 is 1. The summed E-state index contributed by atoms with van der Waals surface area (Å²) in [5, 5.41) is 12.2. The SMILES string of the molecule is COc1c([N+](=O)[O-])ncc2ccccc12. The highest BCUT2D eigenvalue weighted by molar-refractivity contribution is 5.90. The van der Waals surface area contributed by atoms with E-state index in [1.54, 1.807) is 12.1 Å². The molecule has 0 aliphatic carbocycles. The first-order valence-corrected chi connectivity index (χ1v) is 4.30. The van der Waals surface area contributed by atoms with Crippen LogP contribution < -0.4 is 4.74 Å². The molecule has 76 valence electrons. The van der Waals surface area contributed by atoms with Crippen LogP contribution in [0.3, 0.4) is 0 Å². The summed E-state index contributed by atoms with van der Waals surface area (Å²) >= 11 is 0. The van der Waals surface area contributed by atoms with Gasteiger partial charge in [-0.1, -0.05) is 24.3 Å². The summed E-state index contributed by atoms with van der Waals surface area (Å²) in [5.74, 6) is -0.0469. The molecule has 0 fully saturated rings. The average Bonchev–Trinajstić information content (AvgIpc) is 2.27. The third-order valence-electron chi connectivity index (χ3n) is 2.11. The highest BCUT2D eigenvalue weighted by Crippen LogP contribution is 2.32. The Kier molecular flexibility index (Phi) is 2.21. The van der Waals surface area contributed by atoms with Crippen molar-refractivity contribution in [2.24, 2.45) is 0 Å². The quantitative estimate of drug-likeness (QED) is 0.555. The Labute approximate surface area is 85.5 Å². The van der Waals surface area contributed by atoms with Gasteiger partial charge in [0.15, 0.2) is 0 Å². The van der Waals surface area contributed by atoms with Crippen LogP contribution in [0.25, 0.3) is 10.8 Å². The predicted molar refractivity (Wildman–Crippen MR) is 54.9 cm³/mol. The first-order chi connectivity index (χ1) is 7.24. The second kappa shape index (κ2) is 3.53. The van der Waals surface area contributed by atoms with Crippen LogP contribution in [0.4, 0.5) is 5.82 Å². The molecule has 5 nitrogen and oxygen atoms in total. The van der Waals surface area contributed by atoms with Gasteiger partial charge in [0.1, 0.15) is 6.20 Å². The minimum atomic E-state index is -0.550. The largest absolute Gasteiger partial charge is 0.489 e. The Bertz CT molecular complexity index is 525. The summed E-state index contributed by atoms with van der Waals surface area (Å²) in [5.41, 5.74) is 0. The van der Waals surface area contributed by atoms with Gasteiger partial charge in [-0.15, -0.1) is 0 Å². The van der Waals surface area contributed by atoms with E-state index in [1.807, 2.05) is 12.1 Å². The van der Waals surface area contributed by atoms with Gasteiger partial charge < -0.3 is 14.9 Å². The van der Waals surface area contributed by atoms with Gasteiger partial charge in [-0.05, 0) is 9.91 Å². The lowest BCUT2D eigenvalue weighted by atomic mass is 10.1. The molecule has 0 bridgehead atoms. The third kappa shape index (κ3) is 1.48. The van der Waals surface area contributed by atoms with Crippen LogP contribution in [0, 0.1) is 10.1 Å². The van der Waals surface area contributed by atoms with E-state index in [0.717, 1.165) is 5.39 Å². The van der Waals surface area contributed by atoms with Crippen molar-refractivity contribution >= 4 is 16.6 Å². The molecule has 0 atom stereocenters. The number of nitro groups is 1. The van der Waals surface area contributed by atoms with E-state index in [-0.39, 0.29) is 11.6 Å². The lowest BCUT2D eigenvalue weighted by Crippen LogP contribution is -1.97. The van der Waals surface area contributed by atoms with E-state index in [1.165, 1.54) is 13.3 Å². The molecule has 0 saturated heterocycles. The van der Waals surface area contributed by atoms with Crippen molar-refractivity contribution in [3.63, 3.8) is 0 Å². The lowest BCUT2D eigenvalue weighted by molar-refractivity contribution is -0.390. The van der Waals surface area contributed by atoms with Crippen LogP contribution in [0.15, 0.2) is 30.5 Å². The standard InChI is InChI=1S/C10H8N2O3/c1-15-9-8-5-3-2-4-7(8)6-11-10(9)12(13)14/h2-6H,1H3. The summed E-state index contributed by atoms with van der Waals surface area (Å²) in [6.07, 6.45) is 1.47. The summed E-state index contributed by atoms with van der Waals surface area (Å²) in [7, 11) is 1.40. The van der Waals surface area contributed by atoms with E-state index in [4.69, 9.17) is 4.74 Å². The number of rotatable bonds is 2. The topological polar surface area (TPSA) is 65.3 Å². The zero-order valence-electron chi connectivity index (χ0n) is 8.01. The molecule has 5 heteroatoms. The van der Waals surface area contributed by atoms with Gasteiger partial charge in [-0.3, -0.25) is 0 Å². The van der Waals surface area contributed by atoms with E-state index in [2.05, 4.69) is 4.98 Å². The first kappa shape index (κ1) is 9.39. The fourth-order valence-electron chi connectivity index (χ4n) is 1.46. The van der Waals surface area contributed by atoms with Gasteiger partial charge in [0.05, 0.1) is 7.11 Å². The van der Waals surface area contributed by atoms with Crippen molar-refractivity contribution in [3.8, 4) is 5.75 Å². The van der Waals surface area contributed by atoms with Crippen LogP contribution in [-0.2, 0) is 0 Å². The van der Waals surface area contributed by atoms with Gasteiger partial charge in [-0.25, -0.2) is 0 Å². The van der Waals surface area contributed by atoms with Gasteiger partial charge in [0.25, 0.3) is 0 Å². The molecule has 2 rings (SSSR count). The summed E-state index contributed by atoms with van der Waals surface area (Å²) in [6, 6.07) is 7.24. The zero-order chi connectivity index (χ0) is 10.8. The number of fused-ring (bicyclic) bond motifs is 1. The molecular formula is C10H8N2O3. The monoisotopic (exact) mass is 204 g/mol. The maximum Gasteiger partial charge on any atom is 0.406 e. The van der Waals surface area contributed by atoms with Gasteiger partial charge in [-0.2, -0.15) is 0 Å². The summed E-state index contributed by atoms with van der Waals surface area (Å²) < 4.78 is 5.02. The number of hydrogen-bond acceptors (Lipinski definition) is 4. The third-order valence-corrected chi connectivity index (χ3v) is 2.11. The molecular weight excluding hydrogens is 196 g/mol. The fourth-order valence-corrected chi connectivity index (χ4v) is 1.46. The molecule has 1 heterocycles. The molecule has 0 saturated carbocycles. The van der Waals surface area contributed by atoms with E-state index in [0.29, 0.717) is 5.39 Å². The van der Waals surface area contributed by atoms with E-state index in [9.17, 15) is 10.1 Å². The fraction of sp³-hybridized carbons (Fsp3) is 0.100. The summed E-state index contributed by atoms with van der Waals surface area (Å²) in [4.78, 5) is 13.9. The molecule has 0 spiro atoms. The highest BCUT2D eigenvalue weighted by Gasteiger charge is 2.18.